The summed E-state index contributed by atoms with van der Waals surface area (Å²) in [5.41, 5.74) is 8.10. The predicted octanol–water partition coefficient (Wildman–Crippen LogP) is 2.26. The Kier molecular flexibility index (Phi) is 2.28. The Balaban J connectivity index is 2.23. The Morgan fingerprint density at radius 3 is 2.33 bits per heavy atom. The third kappa shape index (κ3) is 1.53. The largest absolute Gasteiger partial charge is 0.330 e. The van der Waals surface area contributed by atoms with E-state index < -0.39 is 0 Å². The van der Waals surface area contributed by atoms with Crippen LogP contribution in [0.4, 0.5) is 0 Å². The van der Waals surface area contributed by atoms with E-state index in [0.29, 0.717) is 17.3 Å². The number of hydrogen-bond acceptors (Lipinski definition) is 2. The lowest BCUT2D eigenvalue weighted by Crippen LogP contribution is -2.05. The van der Waals surface area contributed by atoms with Crippen molar-refractivity contribution < 1.29 is 0 Å². The van der Waals surface area contributed by atoms with Crippen molar-refractivity contribution in [3.8, 4) is 6.07 Å². The zero-order valence-corrected chi connectivity index (χ0v) is 9.20. The third-order valence-electron chi connectivity index (χ3n) is 3.70. The van der Waals surface area contributed by atoms with Crippen LogP contribution >= 0.6 is 0 Å². The summed E-state index contributed by atoms with van der Waals surface area (Å²) in [6, 6.07) is 10.0. The quantitative estimate of drug-likeness (QED) is 0.796. The van der Waals surface area contributed by atoms with Gasteiger partial charge in [0.2, 0.25) is 0 Å². The minimum Gasteiger partial charge on any atom is -0.330 e. The van der Waals surface area contributed by atoms with Gasteiger partial charge in [-0.05, 0) is 41.5 Å². The fraction of sp³-hybridized carbons (Fsp3) is 0.462. The molecular formula is C13H16N2. The van der Waals surface area contributed by atoms with Crippen LogP contribution in [0.5, 0.6) is 0 Å². The first-order valence-electron chi connectivity index (χ1n) is 5.31. The monoisotopic (exact) mass is 200 g/mol. The van der Waals surface area contributed by atoms with Gasteiger partial charge in [0.25, 0.3) is 0 Å². The minimum absolute atomic E-state index is 0.322. The van der Waals surface area contributed by atoms with Crippen molar-refractivity contribution in [2.75, 3.05) is 6.54 Å². The van der Waals surface area contributed by atoms with Gasteiger partial charge in [0.1, 0.15) is 0 Å². The van der Waals surface area contributed by atoms with E-state index in [1.165, 1.54) is 5.56 Å². The summed E-state index contributed by atoms with van der Waals surface area (Å²) in [6.45, 7) is 5.26. The van der Waals surface area contributed by atoms with E-state index in [-0.39, 0.29) is 0 Å². The van der Waals surface area contributed by atoms with Crippen LogP contribution in [0.15, 0.2) is 24.3 Å². The van der Waals surface area contributed by atoms with Crippen molar-refractivity contribution in [1.82, 2.24) is 0 Å². The normalized spacial score (nSPS) is 27.1. The number of rotatable bonds is 2. The maximum atomic E-state index is 8.71. The Morgan fingerprint density at radius 2 is 1.93 bits per heavy atom. The van der Waals surface area contributed by atoms with Crippen LogP contribution in [0, 0.1) is 22.7 Å². The van der Waals surface area contributed by atoms with Gasteiger partial charge in [-0.3, -0.25) is 0 Å². The SMILES string of the molecule is CC1(C)[C@@H](CN)[C@@H]1c1ccc(C#N)cc1. The van der Waals surface area contributed by atoms with Crippen LogP contribution in [0.2, 0.25) is 0 Å². The molecule has 0 unspecified atom stereocenters. The minimum atomic E-state index is 0.322. The summed E-state index contributed by atoms with van der Waals surface area (Å²) in [7, 11) is 0. The highest BCUT2D eigenvalue weighted by Crippen LogP contribution is 2.63. The highest BCUT2D eigenvalue weighted by atomic mass is 14.7. The van der Waals surface area contributed by atoms with Crippen LogP contribution in [0.1, 0.15) is 30.9 Å². The molecule has 2 heteroatoms. The molecule has 2 atom stereocenters. The fourth-order valence-electron chi connectivity index (χ4n) is 2.61. The van der Waals surface area contributed by atoms with Gasteiger partial charge in [-0.1, -0.05) is 26.0 Å². The maximum Gasteiger partial charge on any atom is 0.0991 e. The van der Waals surface area contributed by atoms with E-state index in [0.717, 1.165) is 12.1 Å². The van der Waals surface area contributed by atoms with E-state index >= 15 is 0 Å². The summed E-state index contributed by atoms with van der Waals surface area (Å²) >= 11 is 0. The molecule has 0 spiro atoms. The van der Waals surface area contributed by atoms with Crippen LogP contribution in [-0.2, 0) is 0 Å². The Bertz CT molecular complexity index is 398. The van der Waals surface area contributed by atoms with Gasteiger partial charge in [-0.25, -0.2) is 0 Å². The zero-order chi connectivity index (χ0) is 11.1. The lowest BCUT2D eigenvalue weighted by atomic mass is 10.0. The van der Waals surface area contributed by atoms with E-state index in [2.05, 4.69) is 32.0 Å². The fourth-order valence-corrected chi connectivity index (χ4v) is 2.61. The van der Waals surface area contributed by atoms with Gasteiger partial charge in [0.05, 0.1) is 11.6 Å². The molecular weight excluding hydrogens is 184 g/mol. The van der Waals surface area contributed by atoms with Crippen molar-refractivity contribution in [2.24, 2.45) is 17.1 Å². The lowest BCUT2D eigenvalue weighted by Gasteiger charge is -2.02. The molecule has 1 aromatic rings. The zero-order valence-electron chi connectivity index (χ0n) is 9.20. The number of hydrogen-bond donors (Lipinski definition) is 1. The van der Waals surface area contributed by atoms with Crippen LogP contribution < -0.4 is 5.73 Å². The van der Waals surface area contributed by atoms with Crippen molar-refractivity contribution in [1.29, 1.82) is 5.26 Å². The van der Waals surface area contributed by atoms with Crippen LogP contribution in [0.3, 0.4) is 0 Å². The smallest absolute Gasteiger partial charge is 0.0991 e. The average Bonchev–Trinajstić information content (AvgIpc) is 2.80. The van der Waals surface area contributed by atoms with Gasteiger partial charge in [-0.15, -0.1) is 0 Å². The molecule has 1 aliphatic rings. The second-order valence-corrected chi connectivity index (χ2v) is 4.88. The standard InChI is InChI=1S/C13H16N2/c1-13(2)11(8-15)12(13)10-5-3-9(7-14)4-6-10/h3-6,11-12H,8,15H2,1-2H3/t11-,12-/m0/s1. The summed E-state index contributed by atoms with van der Waals surface area (Å²) in [5.74, 6) is 1.15. The molecule has 0 heterocycles. The molecule has 0 aromatic heterocycles. The molecule has 1 saturated carbocycles. The van der Waals surface area contributed by atoms with Crippen molar-refractivity contribution in [3.63, 3.8) is 0 Å². The van der Waals surface area contributed by atoms with Gasteiger partial charge < -0.3 is 5.73 Å². The topological polar surface area (TPSA) is 49.8 Å². The van der Waals surface area contributed by atoms with Crippen molar-refractivity contribution in [2.45, 2.75) is 19.8 Å². The second kappa shape index (κ2) is 3.36. The number of nitrogens with zero attached hydrogens (tertiary/aromatic N) is 1. The lowest BCUT2D eigenvalue weighted by molar-refractivity contribution is 0.558. The number of nitriles is 1. The molecule has 15 heavy (non-hydrogen) atoms. The number of nitrogens with two attached hydrogens (primary N) is 1. The second-order valence-electron chi connectivity index (χ2n) is 4.88. The number of benzene rings is 1. The highest BCUT2D eigenvalue weighted by molar-refractivity contribution is 5.37. The van der Waals surface area contributed by atoms with Gasteiger partial charge in [-0.2, -0.15) is 5.26 Å². The molecule has 1 aliphatic carbocycles. The van der Waals surface area contributed by atoms with Gasteiger partial charge >= 0.3 is 0 Å². The molecule has 0 amide bonds. The molecule has 0 bridgehead atoms. The van der Waals surface area contributed by atoms with Crippen LogP contribution in [0.25, 0.3) is 0 Å². The first-order chi connectivity index (χ1) is 7.11. The van der Waals surface area contributed by atoms with Crippen molar-refractivity contribution >= 4 is 0 Å². The van der Waals surface area contributed by atoms with E-state index in [1.807, 2.05) is 12.1 Å². The molecule has 0 saturated heterocycles. The Hall–Kier alpha value is -1.33. The average molecular weight is 200 g/mol. The Labute approximate surface area is 90.7 Å². The molecule has 2 rings (SSSR count). The van der Waals surface area contributed by atoms with E-state index in [4.69, 9.17) is 11.0 Å². The van der Waals surface area contributed by atoms with E-state index in [1.54, 1.807) is 0 Å². The van der Waals surface area contributed by atoms with Crippen molar-refractivity contribution in [3.05, 3.63) is 35.4 Å². The first kappa shape index (κ1) is 10.2. The molecule has 78 valence electrons. The predicted molar refractivity (Wildman–Crippen MR) is 60.2 cm³/mol. The Morgan fingerprint density at radius 1 is 1.33 bits per heavy atom. The molecule has 2 nitrogen and oxygen atoms in total. The summed E-state index contributed by atoms with van der Waals surface area (Å²) in [5, 5.41) is 8.71. The summed E-state index contributed by atoms with van der Waals surface area (Å²) < 4.78 is 0. The maximum absolute atomic E-state index is 8.71. The summed E-state index contributed by atoms with van der Waals surface area (Å²) in [4.78, 5) is 0. The molecule has 0 radical (unpaired) electrons. The van der Waals surface area contributed by atoms with Crippen LogP contribution in [-0.4, -0.2) is 6.54 Å². The van der Waals surface area contributed by atoms with E-state index in [9.17, 15) is 0 Å². The molecule has 1 aromatic carbocycles. The van der Waals surface area contributed by atoms with Gasteiger partial charge in [0, 0.05) is 0 Å². The highest BCUT2D eigenvalue weighted by Gasteiger charge is 2.56. The summed E-state index contributed by atoms with van der Waals surface area (Å²) in [6.07, 6.45) is 0. The molecule has 0 aliphatic heterocycles. The molecule has 1 fully saturated rings. The molecule has 2 N–H and O–H groups in total. The third-order valence-corrected chi connectivity index (χ3v) is 3.70. The van der Waals surface area contributed by atoms with Gasteiger partial charge in [0.15, 0.2) is 0 Å². The first-order valence-corrected chi connectivity index (χ1v) is 5.31.